The Balaban J connectivity index is 1.72. The summed E-state index contributed by atoms with van der Waals surface area (Å²) in [5, 5.41) is 15.8. The third-order valence-corrected chi connectivity index (χ3v) is 5.36. The second kappa shape index (κ2) is 8.88. The molecule has 0 spiro atoms. The first-order chi connectivity index (χ1) is 13.5. The van der Waals surface area contributed by atoms with Crippen molar-refractivity contribution in [3.63, 3.8) is 0 Å². The summed E-state index contributed by atoms with van der Waals surface area (Å²) < 4.78 is 0. The van der Waals surface area contributed by atoms with E-state index < -0.39 is 0 Å². The van der Waals surface area contributed by atoms with Gasteiger partial charge in [0, 0.05) is 28.6 Å². The van der Waals surface area contributed by atoms with Crippen molar-refractivity contribution >= 4 is 34.0 Å². The van der Waals surface area contributed by atoms with E-state index in [2.05, 4.69) is 44.6 Å². The fourth-order valence-electron chi connectivity index (χ4n) is 2.91. The van der Waals surface area contributed by atoms with Crippen molar-refractivity contribution in [2.75, 3.05) is 10.6 Å². The molecule has 146 valence electrons. The zero-order valence-corrected chi connectivity index (χ0v) is 17.3. The van der Waals surface area contributed by atoms with E-state index in [1.54, 1.807) is 12.1 Å². The van der Waals surface area contributed by atoms with Crippen LogP contribution in [0.1, 0.15) is 59.4 Å². The molecular formula is C20H24N6OS. The van der Waals surface area contributed by atoms with E-state index in [-0.39, 0.29) is 5.91 Å². The van der Waals surface area contributed by atoms with Gasteiger partial charge in [0.1, 0.15) is 5.01 Å². The van der Waals surface area contributed by atoms with Gasteiger partial charge in [-0.05, 0) is 51.0 Å². The molecule has 0 aliphatic carbocycles. The van der Waals surface area contributed by atoms with Crippen LogP contribution in [0.4, 0.5) is 16.8 Å². The van der Waals surface area contributed by atoms with Crippen LogP contribution in [0.3, 0.4) is 0 Å². The molecule has 2 aromatic heterocycles. The summed E-state index contributed by atoms with van der Waals surface area (Å²) in [5.74, 6) is 0.666. The number of hydrogen-bond donors (Lipinski definition) is 2. The van der Waals surface area contributed by atoms with Gasteiger partial charge in [0.2, 0.25) is 11.1 Å². The minimum Gasteiger partial charge on any atom is -0.324 e. The number of carbonyl (C=O) groups is 1. The average molecular weight is 397 g/mol. The SMILES string of the molecule is CCC(CC)c1nnc(NC(=O)c2cccc(Nc3nc(C)cc(C)n3)c2)s1. The van der Waals surface area contributed by atoms with Crippen molar-refractivity contribution < 1.29 is 4.79 Å². The molecule has 7 nitrogen and oxygen atoms in total. The number of rotatable bonds is 7. The third kappa shape index (κ3) is 4.89. The average Bonchev–Trinajstić information content (AvgIpc) is 3.10. The summed E-state index contributed by atoms with van der Waals surface area (Å²) in [6.07, 6.45) is 2.01. The maximum atomic E-state index is 12.6. The number of nitrogens with one attached hydrogen (secondary N) is 2. The Morgan fingerprint density at radius 3 is 2.46 bits per heavy atom. The van der Waals surface area contributed by atoms with Crippen LogP contribution in [0, 0.1) is 13.8 Å². The highest BCUT2D eigenvalue weighted by atomic mass is 32.1. The molecule has 0 atom stereocenters. The third-order valence-electron chi connectivity index (χ3n) is 4.36. The number of nitrogens with zero attached hydrogens (tertiary/aromatic N) is 4. The predicted octanol–water partition coefficient (Wildman–Crippen LogP) is 4.84. The Morgan fingerprint density at radius 2 is 1.79 bits per heavy atom. The predicted molar refractivity (Wildman–Crippen MR) is 112 cm³/mol. The highest BCUT2D eigenvalue weighted by Gasteiger charge is 2.15. The summed E-state index contributed by atoms with van der Waals surface area (Å²) in [6, 6.07) is 9.11. The van der Waals surface area contributed by atoms with Gasteiger partial charge in [-0.15, -0.1) is 10.2 Å². The minimum atomic E-state index is -0.225. The largest absolute Gasteiger partial charge is 0.324 e. The molecule has 0 aliphatic rings. The first kappa shape index (κ1) is 19.9. The van der Waals surface area contributed by atoms with Crippen LogP contribution in [0.15, 0.2) is 30.3 Å². The fourth-order valence-corrected chi connectivity index (χ4v) is 3.91. The molecule has 8 heteroatoms. The van der Waals surface area contributed by atoms with Crippen molar-refractivity contribution in [1.82, 2.24) is 20.2 Å². The topological polar surface area (TPSA) is 92.7 Å². The summed E-state index contributed by atoms with van der Waals surface area (Å²) in [6.45, 7) is 8.10. The van der Waals surface area contributed by atoms with Gasteiger partial charge in [0.25, 0.3) is 5.91 Å². The Morgan fingerprint density at radius 1 is 1.07 bits per heavy atom. The smallest absolute Gasteiger partial charge is 0.257 e. The Bertz CT molecular complexity index is 947. The molecule has 0 radical (unpaired) electrons. The molecule has 0 aliphatic heterocycles. The van der Waals surface area contributed by atoms with Crippen molar-refractivity contribution in [2.24, 2.45) is 0 Å². The van der Waals surface area contributed by atoms with E-state index in [0.29, 0.717) is 22.6 Å². The number of aromatic nitrogens is 4. The van der Waals surface area contributed by atoms with Crippen LogP contribution >= 0.6 is 11.3 Å². The Kier molecular flexibility index (Phi) is 6.30. The van der Waals surface area contributed by atoms with E-state index in [1.807, 2.05) is 32.0 Å². The summed E-state index contributed by atoms with van der Waals surface area (Å²) >= 11 is 1.43. The molecule has 2 N–H and O–H groups in total. The number of anilines is 3. The zero-order chi connectivity index (χ0) is 20.1. The molecule has 3 aromatic rings. The highest BCUT2D eigenvalue weighted by molar-refractivity contribution is 7.15. The van der Waals surface area contributed by atoms with Crippen LogP contribution < -0.4 is 10.6 Å². The lowest BCUT2D eigenvalue weighted by Gasteiger charge is -2.08. The van der Waals surface area contributed by atoms with E-state index in [4.69, 9.17) is 0 Å². The monoisotopic (exact) mass is 396 g/mol. The lowest BCUT2D eigenvalue weighted by Crippen LogP contribution is -2.12. The summed E-state index contributed by atoms with van der Waals surface area (Å²) in [5.41, 5.74) is 3.03. The van der Waals surface area contributed by atoms with Gasteiger partial charge in [-0.3, -0.25) is 10.1 Å². The van der Waals surface area contributed by atoms with E-state index in [1.165, 1.54) is 11.3 Å². The molecule has 2 heterocycles. The van der Waals surface area contributed by atoms with Crippen molar-refractivity contribution in [3.05, 3.63) is 52.3 Å². The van der Waals surface area contributed by atoms with Crippen molar-refractivity contribution in [3.8, 4) is 0 Å². The molecule has 0 bridgehead atoms. The maximum absolute atomic E-state index is 12.6. The number of amides is 1. The maximum Gasteiger partial charge on any atom is 0.257 e. The van der Waals surface area contributed by atoms with Crippen molar-refractivity contribution in [2.45, 2.75) is 46.5 Å². The standard InChI is InChI=1S/C20H24N6OS/c1-5-14(6-2)18-25-26-20(28-18)24-17(27)15-8-7-9-16(11-15)23-19-21-12(3)10-13(4)22-19/h7-11,14H,5-6H2,1-4H3,(H,21,22,23)(H,24,26,27). The van der Waals surface area contributed by atoms with E-state index in [0.717, 1.165) is 34.9 Å². The molecule has 0 saturated carbocycles. The van der Waals surface area contributed by atoms with E-state index in [9.17, 15) is 4.79 Å². The molecule has 0 unspecified atom stereocenters. The van der Waals surface area contributed by atoms with Gasteiger partial charge in [-0.2, -0.15) is 0 Å². The van der Waals surface area contributed by atoms with Crippen LogP contribution in [-0.2, 0) is 0 Å². The highest BCUT2D eigenvalue weighted by Crippen LogP contribution is 2.28. The lowest BCUT2D eigenvalue weighted by molar-refractivity contribution is 0.102. The fraction of sp³-hybridized carbons (Fsp3) is 0.350. The van der Waals surface area contributed by atoms with Gasteiger partial charge in [0.15, 0.2) is 0 Å². The minimum absolute atomic E-state index is 0.225. The number of hydrogen-bond acceptors (Lipinski definition) is 7. The second-order valence-corrected chi connectivity index (χ2v) is 7.60. The molecule has 0 fully saturated rings. The first-order valence-electron chi connectivity index (χ1n) is 9.32. The zero-order valence-electron chi connectivity index (χ0n) is 16.5. The Hall–Kier alpha value is -2.87. The number of aryl methyl sites for hydroxylation is 2. The normalized spacial score (nSPS) is 10.9. The summed E-state index contributed by atoms with van der Waals surface area (Å²) in [4.78, 5) is 21.3. The molecule has 28 heavy (non-hydrogen) atoms. The van der Waals surface area contributed by atoms with Gasteiger partial charge in [-0.25, -0.2) is 9.97 Å². The first-order valence-corrected chi connectivity index (χ1v) is 10.1. The second-order valence-electron chi connectivity index (χ2n) is 6.59. The lowest BCUT2D eigenvalue weighted by atomic mass is 10.1. The quantitative estimate of drug-likeness (QED) is 0.593. The van der Waals surface area contributed by atoms with Gasteiger partial charge >= 0.3 is 0 Å². The molecule has 1 aromatic carbocycles. The molecule has 1 amide bonds. The summed E-state index contributed by atoms with van der Waals surface area (Å²) in [7, 11) is 0. The van der Waals surface area contributed by atoms with Gasteiger partial charge in [0.05, 0.1) is 0 Å². The number of benzene rings is 1. The Labute approximate surface area is 168 Å². The molecular weight excluding hydrogens is 372 g/mol. The number of carbonyl (C=O) groups excluding carboxylic acids is 1. The van der Waals surface area contributed by atoms with Gasteiger partial charge < -0.3 is 5.32 Å². The van der Waals surface area contributed by atoms with Crippen LogP contribution in [0.2, 0.25) is 0 Å². The van der Waals surface area contributed by atoms with Crippen LogP contribution in [-0.4, -0.2) is 26.1 Å². The van der Waals surface area contributed by atoms with Crippen molar-refractivity contribution in [1.29, 1.82) is 0 Å². The van der Waals surface area contributed by atoms with Gasteiger partial charge in [-0.1, -0.05) is 31.3 Å². The van der Waals surface area contributed by atoms with Crippen LogP contribution in [0.5, 0.6) is 0 Å². The molecule has 0 saturated heterocycles. The van der Waals surface area contributed by atoms with E-state index >= 15 is 0 Å². The van der Waals surface area contributed by atoms with Crippen LogP contribution in [0.25, 0.3) is 0 Å². The molecule has 3 rings (SSSR count).